The Bertz CT molecular complexity index is 830. The van der Waals surface area contributed by atoms with Gasteiger partial charge in [0.2, 0.25) is 11.8 Å². The van der Waals surface area contributed by atoms with E-state index < -0.39 is 36.2 Å². The average molecular weight is 497 g/mol. The molecule has 0 aromatic rings. The van der Waals surface area contributed by atoms with Gasteiger partial charge in [0, 0.05) is 24.7 Å². The summed E-state index contributed by atoms with van der Waals surface area (Å²) in [4.78, 5) is 50.5. The molecule has 0 bridgehead atoms. The molecule has 0 spiro atoms. The van der Waals surface area contributed by atoms with Crippen LogP contribution in [0.25, 0.3) is 0 Å². The van der Waals surface area contributed by atoms with Gasteiger partial charge in [-0.25, -0.2) is 9.59 Å². The van der Waals surface area contributed by atoms with Crippen LogP contribution >= 0.6 is 0 Å². The van der Waals surface area contributed by atoms with Crippen molar-refractivity contribution < 1.29 is 39.2 Å². The van der Waals surface area contributed by atoms with E-state index in [-0.39, 0.29) is 54.0 Å². The van der Waals surface area contributed by atoms with E-state index in [0.717, 1.165) is 19.3 Å². The van der Waals surface area contributed by atoms with Gasteiger partial charge < -0.3 is 29.9 Å². The number of aliphatic hydroxyl groups is 2. The first kappa shape index (κ1) is 27.4. The molecule has 198 valence electrons. The average Bonchev–Trinajstić information content (AvgIpc) is 3.32. The molecular weight excluding hydrogens is 456 g/mol. The first-order valence-corrected chi connectivity index (χ1v) is 12.7. The van der Waals surface area contributed by atoms with Crippen molar-refractivity contribution in [1.82, 2.24) is 9.80 Å². The Hall–Kier alpha value is -2.20. The highest BCUT2D eigenvalue weighted by Gasteiger charge is 2.52. The van der Waals surface area contributed by atoms with Crippen molar-refractivity contribution in [2.24, 2.45) is 23.7 Å². The predicted molar refractivity (Wildman–Crippen MR) is 125 cm³/mol. The van der Waals surface area contributed by atoms with Crippen LogP contribution in [0.2, 0.25) is 0 Å². The van der Waals surface area contributed by atoms with Crippen molar-refractivity contribution in [2.45, 2.75) is 103 Å². The van der Waals surface area contributed by atoms with Crippen molar-refractivity contribution in [3.63, 3.8) is 0 Å². The van der Waals surface area contributed by atoms with Gasteiger partial charge in [0.05, 0.1) is 31.4 Å². The minimum absolute atomic E-state index is 0.00630. The van der Waals surface area contributed by atoms with Gasteiger partial charge in [0.1, 0.15) is 12.1 Å². The summed E-state index contributed by atoms with van der Waals surface area (Å²) in [6.45, 7) is 7.99. The van der Waals surface area contributed by atoms with Crippen molar-refractivity contribution in [1.29, 1.82) is 0 Å². The summed E-state index contributed by atoms with van der Waals surface area (Å²) < 4.78 is 4.73. The molecule has 0 aromatic heterocycles. The number of fused-ring (bicyclic) bond motifs is 2. The van der Waals surface area contributed by atoms with Gasteiger partial charge in [-0.2, -0.15) is 0 Å². The van der Waals surface area contributed by atoms with Crippen LogP contribution in [0.3, 0.4) is 0 Å². The maximum absolute atomic E-state index is 12.4. The Morgan fingerprint density at radius 2 is 1.20 bits per heavy atom. The number of aliphatic hydroxyl groups excluding tert-OH is 2. The zero-order valence-corrected chi connectivity index (χ0v) is 21.3. The smallest absolute Gasteiger partial charge is 0.328 e. The van der Waals surface area contributed by atoms with E-state index in [1.54, 1.807) is 4.90 Å². The molecule has 0 aliphatic carbocycles. The highest BCUT2D eigenvalue weighted by Crippen LogP contribution is 2.38. The largest absolute Gasteiger partial charge is 0.480 e. The van der Waals surface area contributed by atoms with Gasteiger partial charge >= 0.3 is 11.9 Å². The van der Waals surface area contributed by atoms with Gasteiger partial charge in [0.25, 0.3) is 0 Å². The van der Waals surface area contributed by atoms with E-state index in [0.29, 0.717) is 12.8 Å². The highest BCUT2D eigenvalue weighted by atomic mass is 16.5. The van der Waals surface area contributed by atoms with E-state index in [1.165, 1.54) is 12.0 Å². The van der Waals surface area contributed by atoms with Crippen molar-refractivity contribution in [3.8, 4) is 0 Å². The fourth-order valence-electron chi connectivity index (χ4n) is 6.26. The third kappa shape index (κ3) is 5.18. The molecule has 4 fully saturated rings. The number of esters is 1. The van der Waals surface area contributed by atoms with E-state index in [4.69, 9.17) is 9.84 Å². The molecule has 0 saturated carbocycles. The second-order valence-corrected chi connectivity index (χ2v) is 11.0. The van der Waals surface area contributed by atoms with Gasteiger partial charge in [-0.3, -0.25) is 9.59 Å². The van der Waals surface area contributed by atoms with Gasteiger partial charge in [-0.15, -0.1) is 0 Å². The SMILES string of the molecule is CC(C)[C@H]1CC[C@@H]2[C@H](O)C[C@@H](C(=O)O)N2C1=O.COC(=O)[C@@H]1C[C@@H](O)[C@H]2CC[C@H](C(C)C)C(=O)N21. The Labute approximate surface area is 206 Å². The minimum atomic E-state index is -1.01. The zero-order chi connectivity index (χ0) is 26.2. The summed E-state index contributed by atoms with van der Waals surface area (Å²) in [7, 11) is 1.32. The number of methoxy groups -OCH3 is 1. The number of nitrogens with zero attached hydrogens (tertiary/aromatic N) is 2. The fourth-order valence-corrected chi connectivity index (χ4v) is 6.26. The molecule has 3 N–H and O–H groups in total. The normalized spacial score (nSPS) is 36.6. The lowest BCUT2D eigenvalue weighted by Gasteiger charge is -2.39. The lowest BCUT2D eigenvalue weighted by Crippen LogP contribution is -2.53. The fraction of sp³-hybridized carbons (Fsp3) is 0.840. The lowest BCUT2D eigenvalue weighted by molar-refractivity contribution is -0.157. The minimum Gasteiger partial charge on any atom is -0.480 e. The van der Waals surface area contributed by atoms with Crippen molar-refractivity contribution in [2.75, 3.05) is 7.11 Å². The maximum atomic E-state index is 12.4. The van der Waals surface area contributed by atoms with Gasteiger partial charge in [-0.1, -0.05) is 27.7 Å². The van der Waals surface area contributed by atoms with Crippen LogP contribution in [0.5, 0.6) is 0 Å². The van der Waals surface area contributed by atoms with E-state index >= 15 is 0 Å². The Morgan fingerprint density at radius 1 is 0.800 bits per heavy atom. The Kier molecular flexibility index (Phi) is 8.47. The third-order valence-electron chi connectivity index (χ3n) is 8.26. The molecule has 0 aromatic carbocycles. The maximum Gasteiger partial charge on any atom is 0.328 e. The number of amides is 2. The summed E-state index contributed by atoms with van der Waals surface area (Å²) in [6, 6.07) is -1.96. The molecule has 4 aliphatic rings. The second-order valence-electron chi connectivity index (χ2n) is 11.0. The predicted octanol–water partition coefficient (Wildman–Crippen LogP) is 1.02. The quantitative estimate of drug-likeness (QED) is 0.489. The molecule has 10 heteroatoms. The summed E-state index contributed by atoms with van der Waals surface area (Å²) >= 11 is 0. The first-order chi connectivity index (χ1) is 16.4. The van der Waals surface area contributed by atoms with Crippen LogP contribution in [-0.4, -0.2) is 92.4 Å². The number of carbonyl (C=O) groups excluding carboxylic acids is 3. The molecule has 4 heterocycles. The van der Waals surface area contributed by atoms with Crippen LogP contribution < -0.4 is 0 Å². The van der Waals surface area contributed by atoms with Crippen LogP contribution in [0.1, 0.15) is 66.2 Å². The molecule has 10 nitrogen and oxygen atoms in total. The number of piperidine rings is 2. The van der Waals surface area contributed by atoms with Crippen LogP contribution in [0.15, 0.2) is 0 Å². The van der Waals surface area contributed by atoms with Crippen molar-refractivity contribution in [3.05, 3.63) is 0 Å². The number of hydrogen-bond acceptors (Lipinski definition) is 7. The number of carbonyl (C=O) groups is 4. The van der Waals surface area contributed by atoms with Gasteiger partial charge in [-0.05, 0) is 37.5 Å². The molecular formula is C25H40N2O8. The molecule has 8 atom stereocenters. The lowest BCUT2D eigenvalue weighted by atomic mass is 9.84. The first-order valence-electron chi connectivity index (χ1n) is 12.7. The Balaban J connectivity index is 0.000000196. The zero-order valence-electron chi connectivity index (χ0n) is 21.3. The number of carboxylic acid groups (broad SMARTS) is 1. The summed E-state index contributed by atoms with van der Waals surface area (Å²) in [5.41, 5.74) is 0. The monoisotopic (exact) mass is 496 g/mol. The van der Waals surface area contributed by atoms with E-state index in [9.17, 15) is 29.4 Å². The summed E-state index contributed by atoms with van der Waals surface area (Å²) in [5.74, 6) is -1.20. The molecule has 0 radical (unpaired) electrons. The second kappa shape index (κ2) is 10.8. The number of aliphatic carboxylic acids is 1. The third-order valence-corrected chi connectivity index (χ3v) is 8.26. The molecule has 4 aliphatic heterocycles. The van der Waals surface area contributed by atoms with E-state index in [1.807, 2.05) is 27.7 Å². The van der Waals surface area contributed by atoms with Crippen molar-refractivity contribution >= 4 is 23.8 Å². The van der Waals surface area contributed by atoms with Crippen LogP contribution in [-0.2, 0) is 23.9 Å². The standard InChI is InChI=1S/C13H21NO4.C12H19NO4/c1-7(2)8-4-5-9-11(15)6-10(13(17)18-3)14(9)12(8)16;1-6(2)7-3-4-8-10(14)5-9(12(16)17)13(8)11(7)15/h7-11,15H,4-6H2,1-3H3;6-10,14H,3-5H2,1-2H3,(H,16,17)/t8-,9-,10+,11-;7-,8-,9+,10-/m11/s1. The molecule has 35 heavy (non-hydrogen) atoms. The number of carboxylic acids is 1. The highest BCUT2D eigenvalue weighted by molar-refractivity contribution is 5.88. The topological polar surface area (TPSA) is 145 Å². The molecule has 4 saturated heterocycles. The van der Waals surface area contributed by atoms with Gasteiger partial charge in [0.15, 0.2) is 0 Å². The van der Waals surface area contributed by atoms with E-state index in [2.05, 4.69) is 0 Å². The number of rotatable bonds is 4. The number of hydrogen-bond donors (Lipinski definition) is 3. The molecule has 0 unspecified atom stereocenters. The molecule has 2 amide bonds. The number of ether oxygens (including phenoxy) is 1. The van der Waals surface area contributed by atoms with Crippen LogP contribution in [0.4, 0.5) is 0 Å². The Morgan fingerprint density at radius 3 is 1.57 bits per heavy atom. The van der Waals surface area contributed by atoms with Crippen LogP contribution in [0, 0.1) is 23.7 Å². The summed E-state index contributed by atoms with van der Waals surface area (Å²) in [5, 5.41) is 28.9. The summed E-state index contributed by atoms with van der Waals surface area (Å²) in [6.07, 6.45) is 2.19. The molecule has 4 rings (SSSR count).